The molecule has 0 aromatic carbocycles. The van der Waals surface area contributed by atoms with Crippen LogP contribution in [0.15, 0.2) is 0 Å². The molecule has 84 valence electrons. The third-order valence-electron chi connectivity index (χ3n) is 0.814. The zero-order chi connectivity index (χ0) is 9.66. The summed E-state index contributed by atoms with van der Waals surface area (Å²) in [5.74, 6) is 0. The van der Waals surface area contributed by atoms with E-state index in [4.69, 9.17) is 13.1 Å². The van der Waals surface area contributed by atoms with Gasteiger partial charge in [0.1, 0.15) is 13.2 Å². The molecule has 0 heterocycles. The van der Waals surface area contributed by atoms with Crippen LogP contribution in [0.5, 0.6) is 0 Å². The maximum Gasteiger partial charge on any atom is 0.237 e. The van der Waals surface area contributed by atoms with Gasteiger partial charge in [-0.3, -0.25) is 0 Å². The Morgan fingerprint density at radius 3 is 1.21 bits per heavy atom. The fraction of sp³-hybridized carbons (Fsp3) is 0.750. The molecule has 0 N–H and O–H groups in total. The third-order valence-corrected chi connectivity index (χ3v) is 0.814. The van der Waals surface area contributed by atoms with Gasteiger partial charge in [-0.15, -0.1) is 24.8 Å². The molecule has 0 spiro atoms. The van der Waals surface area contributed by atoms with Crippen LogP contribution in [0.2, 0.25) is 0 Å². The van der Waals surface area contributed by atoms with E-state index in [-0.39, 0.29) is 24.8 Å². The lowest BCUT2D eigenvalue weighted by molar-refractivity contribution is 0.213. The molecule has 0 atom stereocenters. The summed E-state index contributed by atoms with van der Waals surface area (Å²) in [6.45, 7) is 14.6. The largest absolute Gasteiger partial charge is 0.377 e. The van der Waals surface area contributed by atoms with Crippen LogP contribution >= 0.6 is 24.8 Å². The van der Waals surface area contributed by atoms with E-state index in [1.807, 2.05) is 0 Å². The highest BCUT2D eigenvalue weighted by molar-refractivity contribution is 5.85. The molecule has 0 aliphatic carbocycles. The minimum Gasteiger partial charge on any atom is -0.377 e. The zero-order valence-electron chi connectivity index (χ0n) is 8.36. The highest BCUT2D eigenvalue weighted by Gasteiger charge is 1.77. The molecule has 0 aromatic heterocycles. The molecule has 0 saturated heterocycles. The van der Waals surface area contributed by atoms with Crippen LogP contribution in [-0.2, 0) is 9.47 Å². The molecule has 0 aliphatic heterocycles. The Balaban J connectivity index is -0.0000000625. The topological polar surface area (TPSA) is 27.2 Å². The van der Waals surface area contributed by atoms with E-state index in [9.17, 15) is 0 Å². The van der Waals surface area contributed by atoms with Gasteiger partial charge < -0.3 is 19.2 Å². The molecule has 0 aromatic rings. The molecule has 0 unspecified atom stereocenters. The van der Waals surface area contributed by atoms with Crippen LogP contribution in [-0.4, -0.2) is 40.5 Å². The van der Waals surface area contributed by atoms with Crippen LogP contribution < -0.4 is 0 Å². The number of methoxy groups -OCH3 is 2. The highest BCUT2D eigenvalue weighted by Crippen LogP contribution is 1.66. The molecule has 0 saturated carbocycles. The Bertz CT molecular complexity index is 136. The van der Waals surface area contributed by atoms with E-state index < -0.39 is 0 Å². The van der Waals surface area contributed by atoms with E-state index in [2.05, 4.69) is 19.2 Å². The van der Waals surface area contributed by atoms with Gasteiger partial charge in [-0.2, -0.15) is 0 Å². The van der Waals surface area contributed by atoms with Gasteiger partial charge in [0.25, 0.3) is 0 Å². The molecule has 14 heavy (non-hydrogen) atoms. The van der Waals surface area contributed by atoms with Crippen molar-refractivity contribution in [2.75, 3.05) is 40.5 Å². The summed E-state index contributed by atoms with van der Waals surface area (Å²) >= 11 is 0. The normalized spacial score (nSPS) is 6.29. The summed E-state index contributed by atoms with van der Waals surface area (Å²) in [7, 11) is 3.18. The van der Waals surface area contributed by atoms with Crippen molar-refractivity contribution in [3.63, 3.8) is 0 Å². The Labute approximate surface area is 98.0 Å². The van der Waals surface area contributed by atoms with E-state index in [1.54, 1.807) is 14.2 Å². The van der Waals surface area contributed by atoms with Crippen LogP contribution in [0.4, 0.5) is 0 Å². The number of nitrogens with zero attached hydrogens (tertiary/aromatic N) is 2. The first-order valence-electron chi connectivity index (χ1n) is 3.47. The number of hydrogen-bond donors (Lipinski definition) is 0. The first-order valence-corrected chi connectivity index (χ1v) is 3.47. The van der Waals surface area contributed by atoms with Gasteiger partial charge in [0, 0.05) is 14.2 Å². The lowest BCUT2D eigenvalue weighted by Gasteiger charge is -1.80. The zero-order valence-corrected chi connectivity index (χ0v) is 9.99. The average molecular weight is 243 g/mol. The quantitative estimate of drug-likeness (QED) is 0.557. The Hall–Kier alpha value is -0.520. The molecule has 0 rings (SSSR count). The molecule has 0 amide bonds. The smallest absolute Gasteiger partial charge is 0.237 e. The summed E-state index contributed by atoms with van der Waals surface area (Å²) in [5.41, 5.74) is 0. The van der Waals surface area contributed by atoms with E-state index >= 15 is 0 Å². The Morgan fingerprint density at radius 1 is 0.857 bits per heavy atom. The van der Waals surface area contributed by atoms with E-state index in [0.717, 1.165) is 0 Å². The summed E-state index contributed by atoms with van der Waals surface area (Å²) < 4.78 is 9.14. The summed E-state index contributed by atoms with van der Waals surface area (Å²) in [6.07, 6.45) is 0. The van der Waals surface area contributed by atoms with Crippen molar-refractivity contribution >= 4 is 24.8 Å². The minimum atomic E-state index is 0. The lowest BCUT2D eigenvalue weighted by atomic mass is 10.7. The third kappa shape index (κ3) is 42.0. The number of halogens is 2. The van der Waals surface area contributed by atoms with Crippen LogP contribution in [0, 0.1) is 13.1 Å². The van der Waals surface area contributed by atoms with Crippen molar-refractivity contribution < 1.29 is 9.47 Å². The summed E-state index contributed by atoms with van der Waals surface area (Å²) in [6, 6.07) is 0. The second-order valence-corrected chi connectivity index (χ2v) is 1.75. The molecule has 0 fully saturated rings. The van der Waals surface area contributed by atoms with Gasteiger partial charge in [0.2, 0.25) is 13.1 Å². The number of ether oxygens (including phenoxy) is 2. The second-order valence-electron chi connectivity index (χ2n) is 1.75. The van der Waals surface area contributed by atoms with Crippen LogP contribution in [0.1, 0.15) is 0 Å². The molecule has 4 nitrogen and oxygen atoms in total. The second kappa shape index (κ2) is 29.4. The molecule has 0 aliphatic rings. The van der Waals surface area contributed by atoms with Crippen LogP contribution in [0.3, 0.4) is 0 Å². The summed E-state index contributed by atoms with van der Waals surface area (Å²) in [5, 5.41) is 0. The van der Waals surface area contributed by atoms with E-state index in [1.165, 1.54) is 0 Å². The lowest BCUT2D eigenvalue weighted by Crippen LogP contribution is -1.88. The van der Waals surface area contributed by atoms with Gasteiger partial charge in [-0.25, -0.2) is 13.1 Å². The fourth-order valence-corrected chi connectivity index (χ4v) is 0.274. The van der Waals surface area contributed by atoms with Crippen molar-refractivity contribution in [3.05, 3.63) is 22.8 Å². The monoisotopic (exact) mass is 242 g/mol. The van der Waals surface area contributed by atoms with Crippen molar-refractivity contribution in [1.29, 1.82) is 0 Å². The maximum absolute atomic E-state index is 6.25. The fourth-order valence-electron chi connectivity index (χ4n) is 0.274. The molecule has 0 radical (unpaired) electrons. The Kier molecular flexibility index (Phi) is 49.1. The van der Waals surface area contributed by atoms with Crippen LogP contribution in [0.25, 0.3) is 9.69 Å². The molecule has 0 bridgehead atoms. The van der Waals surface area contributed by atoms with Gasteiger partial charge >= 0.3 is 0 Å². The summed E-state index contributed by atoms with van der Waals surface area (Å²) in [4.78, 5) is 6.10. The Morgan fingerprint density at radius 2 is 1.14 bits per heavy atom. The number of hydrogen-bond acceptors (Lipinski definition) is 2. The van der Waals surface area contributed by atoms with Crippen molar-refractivity contribution in [3.8, 4) is 0 Å². The average Bonchev–Trinajstić information content (AvgIpc) is 2.12. The first-order chi connectivity index (χ1) is 5.83. The SMILES string of the molecule is Cl.Cl.[C-]#[N+]CCOC.[C-]#[N+]CCOC. The predicted molar refractivity (Wildman–Crippen MR) is 61.2 cm³/mol. The number of rotatable bonds is 4. The molecular weight excluding hydrogens is 227 g/mol. The molecule has 6 heteroatoms. The first kappa shape index (κ1) is 23.4. The van der Waals surface area contributed by atoms with Gasteiger partial charge in [-0.1, -0.05) is 0 Å². The van der Waals surface area contributed by atoms with E-state index in [0.29, 0.717) is 26.3 Å². The van der Waals surface area contributed by atoms with Gasteiger partial charge in [0.05, 0.1) is 0 Å². The van der Waals surface area contributed by atoms with Gasteiger partial charge in [-0.05, 0) is 0 Å². The van der Waals surface area contributed by atoms with Gasteiger partial charge in [0.15, 0.2) is 0 Å². The highest BCUT2D eigenvalue weighted by atomic mass is 35.5. The minimum absolute atomic E-state index is 0. The maximum atomic E-state index is 6.25. The predicted octanol–water partition coefficient (Wildman–Crippen LogP) is 1.95. The molecular formula is C8H16Cl2N2O2. The van der Waals surface area contributed by atoms with Crippen molar-refractivity contribution in [2.45, 2.75) is 0 Å². The standard InChI is InChI=1S/2C4H7NO.2ClH/c2*1-5-3-4-6-2;;/h2*3-4H2,2H3;2*1H. The van der Waals surface area contributed by atoms with Crippen molar-refractivity contribution in [1.82, 2.24) is 0 Å². The van der Waals surface area contributed by atoms with Crippen molar-refractivity contribution in [2.24, 2.45) is 0 Å².